The average molecular weight is 257 g/mol. The van der Waals surface area contributed by atoms with Crippen LogP contribution < -0.4 is 4.72 Å². The Morgan fingerprint density at radius 3 is 2.47 bits per heavy atom. The molecule has 9 heteroatoms. The van der Waals surface area contributed by atoms with Gasteiger partial charge in [-0.25, -0.2) is 13.1 Å². The van der Waals surface area contributed by atoms with Crippen molar-refractivity contribution in [3.8, 4) is 0 Å². The number of nitrogens with zero attached hydrogens (tertiary/aromatic N) is 1. The van der Waals surface area contributed by atoms with Crippen LogP contribution in [0.1, 0.15) is 6.92 Å². The maximum atomic E-state index is 11.5. The molecule has 2 aliphatic rings. The van der Waals surface area contributed by atoms with E-state index in [0.717, 1.165) is 0 Å². The largest absolute Gasteiger partial charge is 0.392 e. The summed E-state index contributed by atoms with van der Waals surface area (Å²) in [6.45, 7) is 1.50. The molecule has 0 bridgehead atoms. The van der Waals surface area contributed by atoms with Crippen LogP contribution in [0.25, 0.3) is 0 Å². The topological polar surface area (TPSA) is 101 Å². The normalized spacial score (nSPS) is 38.9. The zero-order valence-corrected chi connectivity index (χ0v) is 9.75. The van der Waals surface area contributed by atoms with Gasteiger partial charge < -0.3 is 5.11 Å². The third kappa shape index (κ3) is 1.68. The predicted molar refractivity (Wildman–Crippen MR) is 51.3 cm³/mol. The van der Waals surface area contributed by atoms with Crippen molar-refractivity contribution in [3.05, 3.63) is 0 Å². The van der Waals surface area contributed by atoms with Gasteiger partial charge >= 0.3 is 10.0 Å². The number of aliphatic hydroxyl groups excluding tert-OH is 1. The predicted octanol–water partition coefficient (Wildman–Crippen LogP) is -2.26. The number of hydrogen-bond acceptors (Lipinski definition) is 5. The van der Waals surface area contributed by atoms with Gasteiger partial charge in [0.05, 0.1) is 6.10 Å². The van der Waals surface area contributed by atoms with Gasteiger partial charge in [-0.3, -0.25) is 0 Å². The second-order valence-corrected chi connectivity index (χ2v) is 8.12. The van der Waals surface area contributed by atoms with E-state index < -0.39 is 31.5 Å². The number of quaternary nitrogens is 1. The first-order valence-corrected chi connectivity index (χ1v) is 7.63. The smallest absolute Gasteiger partial charge is 0.351 e. The van der Waals surface area contributed by atoms with E-state index in [-0.39, 0.29) is 22.9 Å². The number of rotatable bonds is 4. The van der Waals surface area contributed by atoms with Crippen molar-refractivity contribution < 1.29 is 25.8 Å². The second-order valence-electron chi connectivity index (χ2n) is 4.04. The van der Waals surface area contributed by atoms with E-state index in [2.05, 4.69) is 4.72 Å². The third-order valence-electron chi connectivity index (χ3n) is 2.66. The molecule has 0 saturated carbocycles. The monoisotopic (exact) mass is 257 g/mol. The Labute approximate surface area is 88.4 Å². The van der Waals surface area contributed by atoms with E-state index in [4.69, 9.17) is 5.11 Å². The summed E-state index contributed by atoms with van der Waals surface area (Å²) in [7, 11) is -6.81. The molecule has 3 unspecified atom stereocenters. The molecule has 7 nitrogen and oxygen atoms in total. The highest BCUT2D eigenvalue weighted by Crippen LogP contribution is 2.51. The van der Waals surface area contributed by atoms with Crippen LogP contribution in [-0.4, -0.2) is 56.3 Å². The number of sulfonamides is 2. The average Bonchev–Trinajstić information content (AvgIpc) is 2.88. The van der Waals surface area contributed by atoms with Gasteiger partial charge in [0.25, 0.3) is 15.4 Å². The van der Waals surface area contributed by atoms with Gasteiger partial charge in [-0.15, -0.1) is 0 Å². The summed E-state index contributed by atoms with van der Waals surface area (Å²) in [5, 5.41) is 8.04. The van der Waals surface area contributed by atoms with Gasteiger partial charge in [-0.2, -0.15) is 12.3 Å². The highest BCUT2D eigenvalue weighted by atomic mass is 32.2. The van der Waals surface area contributed by atoms with E-state index in [1.165, 1.54) is 6.92 Å². The lowest BCUT2D eigenvalue weighted by atomic mass is 10.4. The van der Waals surface area contributed by atoms with Crippen LogP contribution >= 0.6 is 0 Å². The Bertz CT molecular complexity index is 482. The van der Waals surface area contributed by atoms with Crippen molar-refractivity contribution in [2.75, 3.05) is 19.0 Å². The van der Waals surface area contributed by atoms with Gasteiger partial charge in [0, 0.05) is 6.54 Å². The summed E-state index contributed by atoms with van der Waals surface area (Å²) >= 11 is 0. The molecule has 0 aromatic carbocycles. The first kappa shape index (κ1) is 11.3. The molecule has 0 aromatic heterocycles. The first-order chi connectivity index (χ1) is 6.71. The molecule has 0 radical (unpaired) electrons. The highest BCUT2D eigenvalue weighted by molar-refractivity contribution is 7.94. The molecular formula is C6H13N2O5S2+. The Hall–Kier alpha value is -0.220. The van der Waals surface area contributed by atoms with Crippen LogP contribution in [0.3, 0.4) is 0 Å². The van der Waals surface area contributed by atoms with E-state index in [1.54, 1.807) is 0 Å². The van der Waals surface area contributed by atoms with Crippen LogP contribution in [0.15, 0.2) is 0 Å². The quantitative estimate of drug-likeness (QED) is 0.437. The van der Waals surface area contributed by atoms with Gasteiger partial charge in [0.15, 0.2) is 6.54 Å². The van der Waals surface area contributed by atoms with Crippen LogP contribution in [0, 0.1) is 0 Å². The minimum Gasteiger partial charge on any atom is -0.392 e. The van der Waals surface area contributed by atoms with Gasteiger partial charge in [0.2, 0.25) is 5.88 Å². The lowest BCUT2D eigenvalue weighted by molar-refractivity contribution is -0.581. The minimum absolute atomic E-state index is 0.0761. The fraction of sp³-hybridized carbons (Fsp3) is 1.00. The number of aliphatic hydroxyl groups is 1. The van der Waals surface area contributed by atoms with Crippen molar-refractivity contribution in [1.29, 1.82) is 0 Å². The fourth-order valence-corrected chi connectivity index (χ4v) is 5.99. The van der Waals surface area contributed by atoms with E-state index in [9.17, 15) is 16.8 Å². The maximum absolute atomic E-state index is 11.5. The maximum Gasteiger partial charge on any atom is 0.351 e. The summed E-state index contributed by atoms with van der Waals surface area (Å²) in [6, 6.07) is 0. The van der Waals surface area contributed by atoms with E-state index >= 15 is 0 Å². The van der Waals surface area contributed by atoms with Crippen LogP contribution in [0.5, 0.6) is 0 Å². The molecule has 1 spiro atoms. The molecule has 2 rings (SSSR count). The van der Waals surface area contributed by atoms with Gasteiger partial charge in [-0.1, -0.05) is 0 Å². The molecular weight excluding hydrogens is 244 g/mol. The van der Waals surface area contributed by atoms with Crippen molar-refractivity contribution >= 4 is 20.0 Å². The van der Waals surface area contributed by atoms with Crippen LogP contribution in [0.2, 0.25) is 0 Å². The molecule has 0 aromatic rings. The summed E-state index contributed by atoms with van der Waals surface area (Å²) in [6.07, 6.45) is -0.780. The zero-order valence-electron chi connectivity index (χ0n) is 8.12. The number of nitrogens with one attached hydrogen (secondary N) is 1. The summed E-state index contributed by atoms with van der Waals surface area (Å²) < 4.78 is 47.1. The third-order valence-corrected chi connectivity index (χ3v) is 6.76. The molecule has 2 aliphatic heterocycles. The molecule has 3 atom stereocenters. The lowest BCUT2D eigenvalue weighted by Gasteiger charge is -2.04. The van der Waals surface area contributed by atoms with E-state index in [1.807, 2.05) is 0 Å². The highest BCUT2D eigenvalue weighted by Gasteiger charge is 2.84. The Morgan fingerprint density at radius 2 is 2.13 bits per heavy atom. The first-order valence-electron chi connectivity index (χ1n) is 4.47. The van der Waals surface area contributed by atoms with Gasteiger partial charge in [0.1, 0.15) is 0 Å². The lowest BCUT2D eigenvalue weighted by Crippen LogP contribution is -2.35. The van der Waals surface area contributed by atoms with Crippen molar-refractivity contribution in [2.45, 2.75) is 18.4 Å². The molecule has 0 amide bonds. The molecule has 2 N–H and O–H groups in total. The molecule has 2 heterocycles. The molecule has 2 saturated heterocycles. The second kappa shape index (κ2) is 2.92. The fourth-order valence-electron chi connectivity index (χ4n) is 1.58. The molecule has 15 heavy (non-hydrogen) atoms. The minimum atomic E-state index is -3.62. The van der Waals surface area contributed by atoms with Crippen LogP contribution in [-0.2, 0) is 20.0 Å². The Morgan fingerprint density at radius 1 is 1.60 bits per heavy atom. The SMILES string of the molecule is CC(O)CNS(=O)(=O)C1C[N+]12CS2(=O)=O. The van der Waals surface area contributed by atoms with Crippen molar-refractivity contribution in [1.82, 2.24) is 4.72 Å². The number of hydrogen-bond donors (Lipinski definition) is 2. The standard InChI is InChI=1S/C6H13N2O5S2/c1-5(9)2-7-15(12,13)6-3-8(6)4-14(8,10)11/h5-7,9H,2-4H2,1H3/q+1. The van der Waals surface area contributed by atoms with Crippen LogP contribution in [0.4, 0.5) is 0 Å². The molecule has 0 aliphatic carbocycles. The van der Waals surface area contributed by atoms with Crippen molar-refractivity contribution in [2.24, 2.45) is 0 Å². The summed E-state index contributed by atoms with van der Waals surface area (Å²) in [5.41, 5.74) is 0. The molecule has 88 valence electrons. The molecule has 2 fully saturated rings. The summed E-state index contributed by atoms with van der Waals surface area (Å²) in [5.74, 6) is -0.0761. The Kier molecular flexibility index (Phi) is 2.19. The summed E-state index contributed by atoms with van der Waals surface area (Å²) in [4.78, 5) is 0. The van der Waals surface area contributed by atoms with Gasteiger partial charge in [-0.05, 0) is 6.92 Å². The van der Waals surface area contributed by atoms with E-state index in [0.29, 0.717) is 0 Å². The zero-order chi connectivity index (χ0) is 11.5. The van der Waals surface area contributed by atoms with Crippen molar-refractivity contribution in [3.63, 3.8) is 0 Å². The Balaban J connectivity index is 2.03.